The van der Waals surface area contributed by atoms with Crippen molar-refractivity contribution in [2.24, 2.45) is 0 Å². The minimum atomic E-state index is -3.11. The van der Waals surface area contributed by atoms with Crippen LogP contribution in [0, 0.1) is 0 Å². The van der Waals surface area contributed by atoms with Crippen LogP contribution in [0.2, 0.25) is 50.2 Å². The van der Waals surface area contributed by atoms with Gasteiger partial charge in [-0.05, 0) is 135 Å². The Kier molecular flexibility index (Phi) is 59.9. The molecular weight excluding hydrogens is 2030 g/mol. The number of halogens is 19. The summed E-state index contributed by atoms with van der Waals surface area (Å²) in [5.74, 6) is 2.62. The number of benzene rings is 8. The van der Waals surface area contributed by atoms with Gasteiger partial charge in [-0.3, -0.25) is 14.4 Å². The van der Waals surface area contributed by atoms with Crippen molar-refractivity contribution in [3.63, 3.8) is 0 Å². The van der Waals surface area contributed by atoms with Crippen molar-refractivity contribution in [3.8, 4) is 28.7 Å². The van der Waals surface area contributed by atoms with Crippen LogP contribution in [0.4, 0.5) is 0 Å². The van der Waals surface area contributed by atoms with E-state index in [0.717, 1.165) is 27.0 Å². The zero-order valence-corrected chi connectivity index (χ0v) is 79.7. The average molecular weight is 2100 g/mol. The summed E-state index contributed by atoms with van der Waals surface area (Å²) in [6, 6.07) is 49.2. The molecule has 0 atom stereocenters. The van der Waals surface area contributed by atoms with Crippen LogP contribution in [0.1, 0.15) is 67.6 Å². The normalized spacial score (nSPS) is 10.2. The summed E-state index contributed by atoms with van der Waals surface area (Å²) < 4.78 is 44.1. The molecule has 15 nitrogen and oxygen atoms in total. The van der Waals surface area contributed by atoms with E-state index in [4.69, 9.17) is 214 Å². The van der Waals surface area contributed by atoms with Crippen molar-refractivity contribution in [2.45, 2.75) is 58.4 Å². The first-order valence-corrected chi connectivity index (χ1v) is 49.7. The number of carbonyl (C=O) groups excluding carboxylic acids is 5. The van der Waals surface area contributed by atoms with Crippen molar-refractivity contribution < 1.29 is 84.1 Å². The summed E-state index contributed by atoms with van der Waals surface area (Å²) in [5, 5.41) is 15.4. The molecule has 0 fully saturated rings. The summed E-state index contributed by atoms with van der Waals surface area (Å²) >= 11 is 74.9. The van der Waals surface area contributed by atoms with Gasteiger partial charge < -0.3 is 47.7 Å². The number of esters is 4. The number of aromatic hydroxyl groups is 1. The predicted octanol–water partition coefficient (Wildman–Crippen LogP) is 25.7. The van der Waals surface area contributed by atoms with Gasteiger partial charge in [0.1, 0.15) is 53.9 Å². The second-order valence-electron chi connectivity index (χ2n) is 20.2. The molecule has 8 aromatic rings. The van der Waals surface area contributed by atoms with Crippen LogP contribution in [0.3, 0.4) is 0 Å². The van der Waals surface area contributed by atoms with E-state index in [1.807, 2.05) is 61.5 Å². The number of methoxy groups -OCH3 is 5. The van der Waals surface area contributed by atoms with Gasteiger partial charge in [0.2, 0.25) is 5.02 Å². The molecule has 8 aromatic carbocycles. The van der Waals surface area contributed by atoms with Crippen LogP contribution >= 0.6 is 231 Å². The number of alkyl halides is 2. The van der Waals surface area contributed by atoms with Gasteiger partial charge in [-0.2, -0.15) is 0 Å². The fraction of sp³-hybridized carbons (Fsp3) is 0.243. The van der Waals surface area contributed by atoms with Gasteiger partial charge in [-0.15, -0.1) is 47.3 Å². The van der Waals surface area contributed by atoms with Gasteiger partial charge in [0.25, 0.3) is 0 Å². The first-order valence-electron chi connectivity index (χ1n) is 31.9. The van der Waals surface area contributed by atoms with Gasteiger partial charge in [0.15, 0.2) is 6.29 Å². The zero-order chi connectivity index (χ0) is 84.4. The van der Waals surface area contributed by atoms with Crippen LogP contribution in [-0.4, -0.2) is 111 Å². The SMILES string of the molecule is BrB(Br)Br.CCOC(=O)/C=C/c1ccc(OC)c(Cl)c1Cl.CCOC(=O)C=P(c1ccccc1)(c1ccccc1)c1ccccc1.CCOC(=O)CCc1ccc(O)c(Cl)c1Cl.CCOC(=O)CCc1ccc(OC)c(Cl)c1Cl.COC(Cl)Cl.COc1ccc(C=O)c(Cl)c1Cl.COc1cccc(Cl)c1Cl.[Cl][Ti]([Cl])([Cl])[Cl]. The molecule has 0 aliphatic rings. The topological polar surface area (TPSA) is 189 Å². The molecule has 1 N–H and O–H groups in total. The number of hydrogen-bond acceptors (Lipinski definition) is 15. The number of phenolic OH excluding ortho intramolecular Hbond substituents is 1. The Labute approximate surface area is 752 Å². The Bertz CT molecular complexity index is 4100. The quantitative estimate of drug-likeness (QED) is 0.0128. The Morgan fingerprint density at radius 3 is 1.14 bits per heavy atom. The first kappa shape index (κ1) is 108. The second-order valence-corrected chi connectivity index (χ2v) is 50.2. The van der Waals surface area contributed by atoms with Crippen molar-refractivity contribution in [2.75, 3.05) is 62.0 Å². The molecule has 0 bridgehead atoms. The number of hydrogen-bond donors (Lipinski definition) is 1. The second kappa shape index (κ2) is 61.5. The van der Waals surface area contributed by atoms with E-state index >= 15 is 0 Å². The summed E-state index contributed by atoms with van der Waals surface area (Å²) in [5.41, 5.74) is 2.52. The van der Waals surface area contributed by atoms with Crippen molar-refractivity contribution >= 4 is 292 Å². The number of carbonyl (C=O) groups is 5. The molecule has 8 rings (SSSR count). The van der Waals surface area contributed by atoms with Crippen molar-refractivity contribution in [1.29, 1.82) is 0 Å². The Balaban J connectivity index is 0.00000128. The molecule has 111 heavy (non-hydrogen) atoms. The molecule has 0 saturated carbocycles. The molecule has 0 spiro atoms. The van der Waals surface area contributed by atoms with E-state index in [2.05, 4.69) is 88.4 Å². The zero-order valence-electron chi connectivity index (χ0n) is 60.4. The fourth-order valence-corrected chi connectivity index (χ4v) is 14.1. The molecular formula is C74H75BBr3Cl16O15PTi. The standard InChI is InChI=1S/C22H21O2P.C12H14Cl2O3.C12H12Cl2O3.C11H12Cl2O3.C8H6Cl2O2.C7H6Cl2O.C2H4Cl2O.BBr3.4ClH.Ti/c1-2-24-22(23)18-25(19-12-6-3-7-13-19,20-14-8-4-9-15-20)21-16-10-5-11-17-21;2*1-3-17-10(15)7-5-8-4-6-9(16-2)12(14)11(8)13;1-2-16-9(15)6-4-7-3-5-8(14)11(13)10(7)12;1-12-6-3-2-5(4-11)7(9)8(6)10;1-10-6-4-2-3-5(8)7(6)9;1-5-2(3)4;2-1(3)4;;;;;/h3-18H,2H2,1H3;4,6H,3,5,7H2,1-2H3;4-7H,3H2,1-2H3;3,5,14H,2,4,6H2,1H3;2-4H,1H3;2-4H,1H3;2H,1H3;;4*1H;/q;;;;;;;;;;;;+4/p-4/b;;7-5+;;;;;;;;;;. The van der Waals surface area contributed by atoms with Gasteiger partial charge >= 0.3 is 76.6 Å². The maximum absolute atomic E-state index is 12.5. The molecule has 0 saturated heterocycles. The average Bonchev–Trinajstić information content (AvgIpc) is 0.754. The predicted molar refractivity (Wildman–Crippen MR) is 477 cm³/mol. The van der Waals surface area contributed by atoms with E-state index in [1.54, 1.807) is 100 Å². The van der Waals surface area contributed by atoms with Crippen LogP contribution in [-0.2, 0) is 68.0 Å². The van der Waals surface area contributed by atoms with E-state index in [-0.39, 0.29) is 59.8 Å². The molecule has 0 heterocycles. The van der Waals surface area contributed by atoms with Crippen LogP contribution in [0.15, 0.2) is 164 Å². The molecule has 0 aromatic heterocycles. The van der Waals surface area contributed by atoms with Gasteiger partial charge in [0.05, 0.1) is 80.0 Å². The van der Waals surface area contributed by atoms with Crippen LogP contribution in [0.25, 0.3) is 6.08 Å². The third-order valence-corrected chi connectivity index (χ3v) is 21.8. The van der Waals surface area contributed by atoms with Crippen LogP contribution in [0.5, 0.6) is 28.7 Å². The van der Waals surface area contributed by atoms with E-state index in [9.17, 15) is 29.1 Å². The number of aryl methyl sites for hydroxylation is 2. The molecule has 0 radical (unpaired) electrons. The van der Waals surface area contributed by atoms with E-state index < -0.39 is 30.2 Å². The first-order chi connectivity index (χ1) is 52.5. The number of phenols is 1. The van der Waals surface area contributed by atoms with E-state index in [0.29, 0.717) is 110 Å². The third-order valence-electron chi connectivity index (χ3n) is 13.1. The minimum absolute atomic E-state index is 0.0634. The fourth-order valence-electron chi connectivity index (χ4n) is 8.25. The number of ether oxygens (including phenoxy) is 9. The number of aldehydes is 1. The van der Waals surface area contributed by atoms with E-state index in [1.165, 1.54) is 40.6 Å². The van der Waals surface area contributed by atoms with Crippen LogP contribution < -0.4 is 34.9 Å². The molecule has 0 aliphatic carbocycles. The molecule has 0 amide bonds. The summed E-state index contributed by atoms with van der Waals surface area (Å²) in [6.07, 6.45) is 4.97. The van der Waals surface area contributed by atoms with Crippen molar-refractivity contribution in [1.82, 2.24) is 0 Å². The monoisotopic (exact) mass is 2090 g/mol. The number of rotatable bonds is 22. The van der Waals surface area contributed by atoms with Gasteiger partial charge in [-0.1, -0.05) is 248 Å². The van der Waals surface area contributed by atoms with Gasteiger partial charge in [0, 0.05) is 37.4 Å². The Hall–Kier alpha value is -2.83. The van der Waals surface area contributed by atoms with Crippen molar-refractivity contribution in [3.05, 3.63) is 236 Å². The molecule has 606 valence electrons. The molecule has 0 aliphatic heterocycles. The summed E-state index contributed by atoms with van der Waals surface area (Å²) in [7, 11) is 27.6. The molecule has 0 unspecified atom stereocenters. The summed E-state index contributed by atoms with van der Waals surface area (Å²) in [4.78, 5) is 56.4. The van der Waals surface area contributed by atoms with Gasteiger partial charge in [-0.25, -0.2) is 9.59 Å². The Morgan fingerprint density at radius 2 is 0.775 bits per heavy atom. The maximum atomic E-state index is 12.5. The third kappa shape index (κ3) is 43.4. The summed E-state index contributed by atoms with van der Waals surface area (Å²) in [6.45, 7) is 6.31. The Morgan fingerprint density at radius 1 is 0.441 bits per heavy atom. The molecule has 37 heteroatoms.